The third kappa shape index (κ3) is 4.64. The molecular formula is C18H24N2O4. The number of nitrogens with zero attached hydrogens (tertiary/aromatic N) is 1. The average Bonchev–Trinajstić information content (AvgIpc) is 2.83. The Morgan fingerprint density at radius 1 is 1.04 bits per heavy atom. The first-order valence-electron chi connectivity index (χ1n) is 8.36. The van der Waals surface area contributed by atoms with Crippen LogP contribution in [0.5, 0.6) is 0 Å². The summed E-state index contributed by atoms with van der Waals surface area (Å²) in [5.41, 5.74) is 0.991. The van der Waals surface area contributed by atoms with Gasteiger partial charge in [-0.15, -0.1) is 0 Å². The fourth-order valence-electron chi connectivity index (χ4n) is 2.73. The summed E-state index contributed by atoms with van der Waals surface area (Å²) in [5.74, 6) is -0.367. The lowest BCUT2D eigenvalue weighted by atomic mass is 10.1. The van der Waals surface area contributed by atoms with Crippen molar-refractivity contribution in [1.29, 1.82) is 0 Å². The SMILES string of the molecule is COCCNC(=O)CCCCCCN1C(=O)c2ccccc2C1=O. The Bertz CT molecular complexity index is 565. The summed E-state index contributed by atoms with van der Waals surface area (Å²) in [5, 5.41) is 2.78. The molecule has 0 fully saturated rings. The summed E-state index contributed by atoms with van der Waals surface area (Å²) in [6.45, 7) is 1.49. The fourth-order valence-corrected chi connectivity index (χ4v) is 2.73. The Morgan fingerprint density at radius 3 is 2.29 bits per heavy atom. The number of unbranched alkanes of at least 4 members (excludes halogenated alkanes) is 3. The third-order valence-electron chi connectivity index (χ3n) is 4.04. The first kappa shape index (κ1) is 18.1. The number of carbonyl (C=O) groups excluding carboxylic acids is 3. The number of hydrogen-bond donors (Lipinski definition) is 1. The topological polar surface area (TPSA) is 75.7 Å². The van der Waals surface area contributed by atoms with Gasteiger partial charge < -0.3 is 10.1 Å². The van der Waals surface area contributed by atoms with Crippen molar-refractivity contribution < 1.29 is 19.1 Å². The number of carbonyl (C=O) groups is 3. The molecule has 0 aliphatic carbocycles. The van der Waals surface area contributed by atoms with Gasteiger partial charge in [0.05, 0.1) is 17.7 Å². The maximum absolute atomic E-state index is 12.2. The van der Waals surface area contributed by atoms with Crippen LogP contribution in [0.25, 0.3) is 0 Å². The molecular weight excluding hydrogens is 308 g/mol. The van der Waals surface area contributed by atoms with E-state index in [4.69, 9.17) is 4.74 Å². The van der Waals surface area contributed by atoms with Crippen LogP contribution in [0.3, 0.4) is 0 Å². The van der Waals surface area contributed by atoms with Crippen LogP contribution in [0, 0.1) is 0 Å². The highest BCUT2D eigenvalue weighted by atomic mass is 16.5. The number of ether oxygens (including phenoxy) is 1. The first-order chi connectivity index (χ1) is 11.6. The number of amides is 3. The zero-order valence-electron chi connectivity index (χ0n) is 14.0. The number of rotatable bonds is 10. The van der Waals surface area contributed by atoms with E-state index in [2.05, 4.69) is 5.32 Å². The van der Waals surface area contributed by atoms with E-state index in [0.717, 1.165) is 25.7 Å². The smallest absolute Gasteiger partial charge is 0.261 e. The Balaban J connectivity index is 1.61. The van der Waals surface area contributed by atoms with Gasteiger partial charge in [-0.25, -0.2) is 0 Å². The van der Waals surface area contributed by atoms with Crippen molar-refractivity contribution in [3.63, 3.8) is 0 Å². The highest BCUT2D eigenvalue weighted by Gasteiger charge is 2.34. The molecule has 3 amide bonds. The van der Waals surface area contributed by atoms with Crippen LogP contribution in [0.15, 0.2) is 24.3 Å². The average molecular weight is 332 g/mol. The Labute approximate surface area is 142 Å². The summed E-state index contributed by atoms with van der Waals surface area (Å²) in [6, 6.07) is 6.92. The van der Waals surface area contributed by atoms with Crippen LogP contribution in [-0.2, 0) is 9.53 Å². The van der Waals surface area contributed by atoms with Gasteiger partial charge in [-0.1, -0.05) is 25.0 Å². The van der Waals surface area contributed by atoms with Crippen molar-refractivity contribution in [3.05, 3.63) is 35.4 Å². The molecule has 0 aromatic heterocycles. The molecule has 1 aliphatic heterocycles. The molecule has 0 atom stereocenters. The van der Waals surface area contributed by atoms with Gasteiger partial charge in [0.1, 0.15) is 0 Å². The molecule has 0 unspecified atom stereocenters. The molecule has 6 heteroatoms. The van der Waals surface area contributed by atoms with E-state index in [1.54, 1.807) is 31.4 Å². The summed E-state index contributed by atoms with van der Waals surface area (Å²) in [7, 11) is 1.60. The van der Waals surface area contributed by atoms with E-state index < -0.39 is 0 Å². The highest BCUT2D eigenvalue weighted by Crippen LogP contribution is 2.22. The van der Waals surface area contributed by atoms with Gasteiger partial charge in [0.25, 0.3) is 11.8 Å². The Morgan fingerprint density at radius 2 is 1.67 bits per heavy atom. The van der Waals surface area contributed by atoms with Gasteiger partial charge in [0.15, 0.2) is 0 Å². The number of imide groups is 1. The van der Waals surface area contributed by atoms with E-state index in [1.165, 1.54) is 4.90 Å². The monoisotopic (exact) mass is 332 g/mol. The van der Waals surface area contributed by atoms with E-state index in [-0.39, 0.29) is 17.7 Å². The lowest BCUT2D eigenvalue weighted by Gasteiger charge is -2.13. The number of nitrogens with one attached hydrogen (secondary N) is 1. The van der Waals surface area contributed by atoms with Crippen LogP contribution < -0.4 is 5.32 Å². The van der Waals surface area contributed by atoms with Gasteiger partial charge in [-0.2, -0.15) is 0 Å². The Hall–Kier alpha value is -2.21. The fraction of sp³-hybridized carbons (Fsp3) is 0.500. The molecule has 0 saturated heterocycles. The predicted octanol–water partition coefficient (Wildman–Crippen LogP) is 2.00. The van der Waals surface area contributed by atoms with E-state index in [9.17, 15) is 14.4 Å². The maximum Gasteiger partial charge on any atom is 0.261 e. The second kappa shape index (κ2) is 9.17. The molecule has 0 spiro atoms. The summed E-state index contributed by atoms with van der Waals surface area (Å²) >= 11 is 0. The molecule has 0 saturated carbocycles. The number of benzene rings is 1. The van der Waals surface area contributed by atoms with Crippen LogP contribution in [0.2, 0.25) is 0 Å². The van der Waals surface area contributed by atoms with Gasteiger partial charge >= 0.3 is 0 Å². The van der Waals surface area contributed by atoms with Gasteiger partial charge in [0, 0.05) is 26.6 Å². The summed E-state index contributed by atoms with van der Waals surface area (Å²) in [6.07, 6.45) is 3.86. The van der Waals surface area contributed by atoms with Gasteiger partial charge in [0.2, 0.25) is 5.91 Å². The van der Waals surface area contributed by atoms with Crippen molar-refractivity contribution in [2.75, 3.05) is 26.8 Å². The Kier molecular flexibility index (Phi) is 6.93. The summed E-state index contributed by atoms with van der Waals surface area (Å²) < 4.78 is 4.86. The largest absolute Gasteiger partial charge is 0.383 e. The second-order valence-electron chi connectivity index (χ2n) is 5.81. The molecule has 1 N–H and O–H groups in total. The van der Waals surface area contributed by atoms with Crippen molar-refractivity contribution >= 4 is 17.7 Å². The molecule has 6 nitrogen and oxygen atoms in total. The normalized spacial score (nSPS) is 13.3. The summed E-state index contributed by atoms with van der Waals surface area (Å²) in [4.78, 5) is 37.2. The van der Waals surface area contributed by atoms with Gasteiger partial charge in [-0.05, 0) is 25.0 Å². The van der Waals surface area contributed by atoms with E-state index in [1.807, 2.05) is 0 Å². The third-order valence-corrected chi connectivity index (χ3v) is 4.04. The molecule has 24 heavy (non-hydrogen) atoms. The molecule has 1 aromatic carbocycles. The van der Waals surface area contributed by atoms with Crippen molar-refractivity contribution in [2.24, 2.45) is 0 Å². The standard InChI is InChI=1S/C18H24N2O4/c1-24-13-11-19-16(21)10-4-2-3-7-12-20-17(22)14-8-5-6-9-15(14)18(20)23/h5-6,8-9H,2-4,7,10-13H2,1H3,(H,19,21). The minimum Gasteiger partial charge on any atom is -0.383 e. The molecule has 1 heterocycles. The zero-order chi connectivity index (χ0) is 17.4. The number of fused-ring (bicyclic) bond motifs is 1. The van der Waals surface area contributed by atoms with Crippen LogP contribution >= 0.6 is 0 Å². The maximum atomic E-state index is 12.2. The first-order valence-corrected chi connectivity index (χ1v) is 8.36. The lowest BCUT2D eigenvalue weighted by Crippen LogP contribution is -2.30. The highest BCUT2D eigenvalue weighted by molar-refractivity contribution is 6.21. The van der Waals surface area contributed by atoms with Crippen molar-refractivity contribution in [1.82, 2.24) is 10.2 Å². The minimum absolute atomic E-state index is 0.0346. The minimum atomic E-state index is -0.201. The van der Waals surface area contributed by atoms with Crippen LogP contribution in [0.4, 0.5) is 0 Å². The molecule has 130 valence electrons. The van der Waals surface area contributed by atoms with E-state index in [0.29, 0.717) is 37.2 Å². The number of hydrogen-bond acceptors (Lipinski definition) is 4. The van der Waals surface area contributed by atoms with Crippen LogP contribution in [0.1, 0.15) is 52.8 Å². The quantitative estimate of drug-likeness (QED) is 0.525. The molecule has 0 radical (unpaired) electrons. The number of methoxy groups -OCH3 is 1. The molecule has 1 aliphatic rings. The van der Waals surface area contributed by atoms with Crippen LogP contribution in [-0.4, -0.2) is 49.4 Å². The lowest BCUT2D eigenvalue weighted by molar-refractivity contribution is -0.121. The molecule has 0 bridgehead atoms. The van der Waals surface area contributed by atoms with E-state index >= 15 is 0 Å². The van der Waals surface area contributed by atoms with Crippen molar-refractivity contribution in [3.8, 4) is 0 Å². The zero-order valence-corrected chi connectivity index (χ0v) is 14.0. The second-order valence-corrected chi connectivity index (χ2v) is 5.81. The van der Waals surface area contributed by atoms with Crippen molar-refractivity contribution in [2.45, 2.75) is 32.1 Å². The molecule has 1 aromatic rings. The predicted molar refractivity (Wildman–Crippen MR) is 89.8 cm³/mol. The van der Waals surface area contributed by atoms with Gasteiger partial charge in [-0.3, -0.25) is 19.3 Å². The molecule has 2 rings (SSSR count).